The van der Waals surface area contributed by atoms with Crippen LogP contribution in [0.15, 0.2) is 0 Å². The first-order valence-electron chi connectivity index (χ1n) is 2.24. The van der Waals surface area contributed by atoms with Crippen LogP contribution in [0, 0.1) is 0 Å². The van der Waals surface area contributed by atoms with Crippen molar-refractivity contribution >= 4 is 65.1 Å². The van der Waals surface area contributed by atoms with Crippen LogP contribution in [0.4, 0.5) is 0 Å². The molecule has 0 unspecified atom stereocenters. The Bertz CT molecular complexity index is 57.2. The summed E-state index contributed by atoms with van der Waals surface area (Å²) in [6, 6.07) is 0. The molecule has 0 spiro atoms. The van der Waals surface area contributed by atoms with Crippen LogP contribution in [0.2, 0.25) is 0 Å². The Kier molecular flexibility index (Phi) is 50.5. The van der Waals surface area contributed by atoms with E-state index >= 15 is 0 Å². The summed E-state index contributed by atoms with van der Waals surface area (Å²) in [5.74, 6) is -0.833. The number of carboxylic acid groups (broad SMARTS) is 1. The molecule has 0 rings (SSSR count). The van der Waals surface area contributed by atoms with Gasteiger partial charge in [0.1, 0.15) is 0 Å². The molecule has 0 fully saturated rings. The van der Waals surface area contributed by atoms with Crippen LogP contribution >= 0.6 is 0 Å². The van der Waals surface area contributed by atoms with E-state index in [1.54, 1.807) is 0 Å². The van der Waals surface area contributed by atoms with Crippen LogP contribution in [0.1, 0.15) is 6.92 Å². The molecule has 0 amide bonds. The zero-order valence-corrected chi connectivity index (χ0v) is 4.92. The van der Waals surface area contributed by atoms with Crippen molar-refractivity contribution in [2.75, 3.05) is 13.1 Å². The Balaban J connectivity index is -0.0000000300. The van der Waals surface area contributed by atoms with Crippen molar-refractivity contribution < 1.29 is 9.90 Å². The number of carbonyl (C=O) groups is 1. The van der Waals surface area contributed by atoms with Gasteiger partial charge in [-0.1, -0.05) is 0 Å². The fraction of sp³-hybridized carbons (Fsp3) is 0.750. The van der Waals surface area contributed by atoms with Gasteiger partial charge in [-0.3, -0.25) is 4.79 Å². The van der Waals surface area contributed by atoms with E-state index in [1.165, 1.54) is 0 Å². The average Bonchev–Trinajstić information content (AvgIpc) is 1.65. The van der Waals surface area contributed by atoms with Gasteiger partial charge in [0.05, 0.1) is 0 Å². The Morgan fingerprint density at radius 1 is 1.30 bits per heavy atom. The van der Waals surface area contributed by atoms with Gasteiger partial charge in [0, 0.05) is 20.0 Å². The molecule has 0 aromatic heterocycles. The zero-order chi connectivity index (χ0) is 6.99. The molecule has 0 heterocycles. The molecule has 0 aliphatic heterocycles. The molecule has 0 bridgehead atoms. The predicted octanol–water partition coefficient (Wildman–Crippen LogP) is -2.30. The van der Waals surface area contributed by atoms with E-state index in [1.807, 2.05) is 0 Å². The quantitative estimate of drug-likeness (QED) is 0.384. The van der Waals surface area contributed by atoms with Gasteiger partial charge in [0.25, 0.3) is 5.97 Å². The molecule has 0 aliphatic rings. The van der Waals surface area contributed by atoms with Gasteiger partial charge in [-0.25, -0.2) is 0 Å². The van der Waals surface area contributed by atoms with Crippen molar-refractivity contribution in [2.45, 2.75) is 6.92 Å². The molecule has 4 nitrogen and oxygen atoms in total. The van der Waals surface area contributed by atoms with E-state index in [0.717, 1.165) is 6.92 Å². The molecule has 54 valence electrons. The molecule has 0 saturated heterocycles. The fourth-order valence-electron chi connectivity index (χ4n) is 0. The van der Waals surface area contributed by atoms with Crippen LogP contribution in [-0.4, -0.2) is 83.3 Å². The molecule has 0 saturated carbocycles. The van der Waals surface area contributed by atoms with Crippen molar-refractivity contribution in [1.82, 2.24) is 0 Å². The molecule has 0 aromatic rings. The number of nitrogens with two attached hydrogens (primary N) is 2. The van der Waals surface area contributed by atoms with Crippen LogP contribution in [0.25, 0.3) is 0 Å². The van der Waals surface area contributed by atoms with Crippen LogP contribution in [0.5, 0.6) is 0 Å². The number of rotatable bonds is 1. The fourth-order valence-corrected chi connectivity index (χ4v) is 0. The van der Waals surface area contributed by atoms with Gasteiger partial charge < -0.3 is 16.6 Å². The molecular weight excluding hydrogens is 154 g/mol. The van der Waals surface area contributed by atoms with Gasteiger partial charge in [-0.15, -0.1) is 0 Å². The first kappa shape index (κ1) is 22.5. The molecule has 10 heavy (non-hydrogen) atoms. The molecule has 0 aliphatic carbocycles. The summed E-state index contributed by atoms with van der Waals surface area (Å²) in [5, 5.41) is 7.42. The van der Waals surface area contributed by atoms with Gasteiger partial charge in [0.15, 0.2) is 0 Å². The second-order valence-corrected chi connectivity index (χ2v) is 1.10. The maximum atomic E-state index is 9.00. The Labute approximate surface area is 105 Å². The number of carboxylic acids is 1. The summed E-state index contributed by atoms with van der Waals surface area (Å²) in [5.41, 5.74) is 9.81. The van der Waals surface area contributed by atoms with Gasteiger partial charge in [0.2, 0.25) is 0 Å². The van der Waals surface area contributed by atoms with Crippen LogP contribution < -0.4 is 11.5 Å². The predicted molar refractivity (Wildman–Crippen MR) is 45.7 cm³/mol. The minimum absolute atomic E-state index is 0. The monoisotopic (exact) mass is 168 g/mol. The van der Waals surface area contributed by atoms with Gasteiger partial charge in [-0.2, -0.15) is 0 Å². The molecule has 0 atom stereocenters. The number of hydrogen-bond donors (Lipinski definition) is 3. The van der Waals surface area contributed by atoms with Crippen molar-refractivity contribution in [1.29, 1.82) is 0 Å². The third-order valence-electron chi connectivity index (χ3n) is 0.167. The van der Waals surface area contributed by atoms with E-state index in [-0.39, 0.29) is 59.1 Å². The minimum atomic E-state index is -0.833. The Morgan fingerprint density at radius 2 is 1.40 bits per heavy atom. The Morgan fingerprint density at radius 3 is 1.40 bits per heavy atom. The zero-order valence-electron chi connectivity index (χ0n) is 4.92. The third kappa shape index (κ3) is 116. The van der Waals surface area contributed by atoms with Crippen molar-refractivity contribution in [3.05, 3.63) is 0 Å². The van der Waals surface area contributed by atoms with Crippen molar-refractivity contribution in [2.24, 2.45) is 11.5 Å². The summed E-state index contributed by atoms with van der Waals surface area (Å²) in [4.78, 5) is 9.00. The van der Waals surface area contributed by atoms with Crippen LogP contribution in [0.3, 0.4) is 0 Å². The summed E-state index contributed by atoms with van der Waals surface area (Å²) in [6.45, 7) is 2.28. The average molecular weight is 168 g/mol. The summed E-state index contributed by atoms with van der Waals surface area (Å²) in [7, 11) is 0. The van der Waals surface area contributed by atoms with Gasteiger partial charge in [-0.05, 0) is 0 Å². The molecule has 5 N–H and O–H groups in total. The second kappa shape index (κ2) is 22.4. The third-order valence-corrected chi connectivity index (χ3v) is 0.167. The standard InChI is InChI=1S/C2H8N2.C2H4O2.2Na.2H/c3-1-2-4;1-2(3)4;;;;/h1-4H2;1H3,(H,3,4);;;;. The van der Waals surface area contributed by atoms with Crippen LogP contribution in [-0.2, 0) is 4.79 Å². The van der Waals surface area contributed by atoms with Gasteiger partial charge >= 0.3 is 59.1 Å². The summed E-state index contributed by atoms with van der Waals surface area (Å²) < 4.78 is 0. The van der Waals surface area contributed by atoms with E-state index in [4.69, 9.17) is 21.4 Å². The van der Waals surface area contributed by atoms with Crippen molar-refractivity contribution in [3.8, 4) is 0 Å². The molecule has 0 radical (unpaired) electrons. The van der Waals surface area contributed by atoms with E-state index < -0.39 is 5.97 Å². The Hall–Kier alpha value is 1.39. The van der Waals surface area contributed by atoms with E-state index in [9.17, 15) is 0 Å². The molecule has 6 heteroatoms. The topological polar surface area (TPSA) is 89.3 Å². The number of aliphatic carboxylic acids is 1. The SMILES string of the molecule is CC(=O)O.NCCN.[NaH].[NaH]. The summed E-state index contributed by atoms with van der Waals surface area (Å²) >= 11 is 0. The normalized spacial score (nSPS) is 5.50. The molecule has 0 aromatic carbocycles. The second-order valence-electron chi connectivity index (χ2n) is 1.10. The first-order valence-corrected chi connectivity index (χ1v) is 2.24. The van der Waals surface area contributed by atoms with E-state index in [2.05, 4.69) is 0 Å². The van der Waals surface area contributed by atoms with Crippen molar-refractivity contribution in [3.63, 3.8) is 0 Å². The number of hydrogen-bond acceptors (Lipinski definition) is 3. The van der Waals surface area contributed by atoms with E-state index in [0.29, 0.717) is 13.1 Å². The summed E-state index contributed by atoms with van der Waals surface area (Å²) in [6.07, 6.45) is 0. The first-order chi connectivity index (χ1) is 3.65. The maximum absolute atomic E-state index is 9.00. The molecular formula is C4H14N2Na2O2.